The summed E-state index contributed by atoms with van der Waals surface area (Å²) in [5.41, 5.74) is 42.0. The largest absolute Gasteiger partial charge is 0.310 e. The number of hydrogen-bond donors (Lipinski definition) is 0. The highest BCUT2D eigenvalue weighted by molar-refractivity contribution is 5.92. The molecule has 9 aliphatic rings. The summed E-state index contributed by atoms with van der Waals surface area (Å²) < 4.78 is 0. The fraction of sp³-hybridized carbons (Fsp3) is 0.226. The summed E-state index contributed by atoms with van der Waals surface area (Å²) in [6.07, 6.45) is 18.1. The molecule has 0 amide bonds. The van der Waals surface area contributed by atoms with Crippen LogP contribution in [0.5, 0.6) is 0 Å². The van der Waals surface area contributed by atoms with Crippen molar-refractivity contribution in [3.8, 4) is 77.9 Å². The van der Waals surface area contributed by atoms with Crippen LogP contribution in [0.25, 0.3) is 77.9 Å². The molecule has 127 heavy (non-hydrogen) atoms. The minimum absolute atomic E-state index is 0.0409. The zero-order valence-corrected chi connectivity index (χ0v) is 73.7. The molecule has 0 spiro atoms. The molecule has 0 radical (unpaired) electrons. The van der Waals surface area contributed by atoms with Crippen molar-refractivity contribution in [3.05, 3.63) is 438 Å². The van der Waals surface area contributed by atoms with Crippen LogP contribution >= 0.6 is 0 Å². The van der Waals surface area contributed by atoms with Gasteiger partial charge in [-0.15, -0.1) is 0 Å². The second-order valence-electron chi connectivity index (χ2n) is 39.4. The van der Waals surface area contributed by atoms with Gasteiger partial charge in [0.05, 0.1) is 0 Å². The number of hydrogen-bond acceptors (Lipinski definition) is 3. The highest BCUT2D eigenvalue weighted by atomic mass is 15.2. The van der Waals surface area contributed by atoms with Crippen LogP contribution in [0.15, 0.2) is 388 Å². The molecule has 0 aliphatic heterocycles. The Balaban J connectivity index is 0.000000109. The van der Waals surface area contributed by atoms with E-state index in [1.54, 1.807) is 0 Å². The fourth-order valence-corrected chi connectivity index (χ4v) is 25.1. The number of nitrogens with zero attached hydrogens (tertiary/aromatic N) is 3. The summed E-state index contributed by atoms with van der Waals surface area (Å²) in [7, 11) is 0. The average Bonchev–Trinajstić information content (AvgIpc) is 1.58. The molecule has 6 bridgehead atoms. The van der Waals surface area contributed by atoms with Crippen LogP contribution in [0.3, 0.4) is 0 Å². The number of fused-ring (bicyclic) bond motifs is 15. The molecule has 6 fully saturated rings. The first-order valence-corrected chi connectivity index (χ1v) is 47.4. The van der Waals surface area contributed by atoms with Crippen molar-refractivity contribution >= 4 is 51.2 Å². The summed E-state index contributed by atoms with van der Waals surface area (Å²) in [6, 6.07) is 145. The third kappa shape index (κ3) is 14.6. The van der Waals surface area contributed by atoms with Crippen molar-refractivity contribution in [1.29, 1.82) is 0 Å². The van der Waals surface area contributed by atoms with Gasteiger partial charge >= 0.3 is 0 Å². The molecule has 3 nitrogen and oxygen atoms in total. The third-order valence-electron chi connectivity index (χ3n) is 31.5. The Hall–Kier alpha value is -13.1. The van der Waals surface area contributed by atoms with Crippen LogP contribution in [0, 0.1) is 35.5 Å². The smallest absolute Gasteiger partial charge is 0.0468 e. The van der Waals surface area contributed by atoms with E-state index in [1.165, 1.54) is 245 Å². The lowest BCUT2D eigenvalue weighted by Gasteiger charge is -2.30. The van der Waals surface area contributed by atoms with Gasteiger partial charge in [-0.2, -0.15) is 0 Å². The minimum Gasteiger partial charge on any atom is -0.310 e. The average molecular weight is 1640 g/mol. The number of anilines is 9. The monoisotopic (exact) mass is 1640 g/mol. The van der Waals surface area contributed by atoms with Gasteiger partial charge in [0.2, 0.25) is 0 Å². The second kappa shape index (κ2) is 32.7. The Morgan fingerprint density at radius 2 is 0.480 bits per heavy atom. The Kier molecular flexibility index (Phi) is 20.3. The van der Waals surface area contributed by atoms with Crippen molar-refractivity contribution < 1.29 is 0 Å². The minimum atomic E-state index is -0.0409. The molecule has 0 saturated heterocycles. The summed E-state index contributed by atoms with van der Waals surface area (Å²) >= 11 is 0. The molecule has 16 aromatic carbocycles. The first-order chi connectivity index (χ1) is 62.4. The van der Waals surface area contributed by atoms with Crippen molar-refractivity contribution in [1.82, 2.24) is 0 Å². The predicted octanol–water partition coefficient (Wildman–Crippen LogP) is 34.0. The van der Waals surface area contributed by atoms with Crippen LogP contribution in [0.1, 0.15) is 173 Å². The Labute approximate surface area is 752 Å². The first kappa shape index (κ1) is 78.6. The van der Waals surface area contributed by atoms with E-state index in [0.29, 0.717) is 0 Å². The molecule has 9 atom stereocenters. The highest BCUT2D eigenvalue weighted by Crippen LogP contribution is 2.59. The van der Waals surface area contributed by atoms with Crippen LogP contribution in [-0.4, -0.2) is 0 Å². The topological polar surface area (TPSA) is 9.72 Å². The van der Waals surface area contributed by atoms with E-state index in [9.17, 15) is 0 Å². The van der Waals surface area contributed by atoms with E-state index in [0.717, 1.165) is 71.1 Å². The zero-order valence-electron chi connectivity index (χ0n) is 73.7. The Morgan fingerprint density at radius 1 is 0.197 bits per heavy atom. The maximum absolute atomic E-state index is 2.50. The van der Waals surface area contributed by atoms with E-state index < -0.39 is 0 Å². The SMILES string of the molecule is CC1(C)c2ccccc2-c2ccc(N(c3ccc(C4CC5CCC4C5)cc3)c3ccc4c(c3)C(C)(C)c3ccccc3-4)cc21.c1ccc(-c2ccc(N(c3ccc(C4CC5CCC4C5)cc3)c3ccc(-c4ccccc4)c(-c4ccccc4)c3)cc2)cc1.c1ccc(-c2ccc(N(c3ccc(C4CC5CCC4C5)cc3)c3ccc4c(c3)Cc3ccccc3-4)cc2)cc1. The summed E-state index contributed by atoms with van der Waals surface area (Å²) in [6.45, 7) is 9.52. The molecular weight excluding hydrogens is 1530 g/mol. The van der Waals surface area contributed by atoms with Gasteiger partial charge in [0.25, 0.3) is 0 Å². The van der Waals surface area contributed by atoms with E-state index in [1.807, 2.05) is 0 Å². The Bertz CT molecular complexity index is 6600. The normalized spacial score (nSPS) is 20.7. The van der Waals surface area contributed by atoms with E-state index >= 15 is 0 Å². The molecule has 0 aromatic heterocycles. The quantitative estimate of drug-likeness (QED) is 0.0955. The van der Waals surface area contributed by atoms with Crippen LogP contribution in [0.2, 0.25) is 0 Å². The molecule has 0 N–H and O–H groups in total. The predicted molar refractivity (Wildman–Crippen MR) is 533 cm³/mol. The van der Waals surface area contributed by atoms with Gasteiger partial charge in [-0.3, -0.25) is 0 Å². The standard InChI is InChI=1S/C43H41N.C43H37N.C38H33N/c1-42(2)38-11-7-5-9-33(38)35-21-19-31(25-40(35)42)44(30-17-15-28(16-18-30)37-24-27-13-14-29(37)23-27)32-20-22-36-34-10-6-8-12-39(34)43(3,4)41(36)26-32;1-4-10-32(11-5-1)33-18-22-38(23-19-33)44(39-24-20-36(21-25-39)42-29-31-16-17-37(42)28-31)40-26-27-41(34-12-6-2-7-13-34)43(30-40)35-14-8-3-9-15-35;1-2-6-27(7-3-1)28-12-16-33(17-13-28)39(34-18-14-29(15-19-34)38-23-26-10-11-31(38)22-26)35-20-21-37-32(25-35)24-30-8-4-5-9-36(30)37/h5-12,15-22,25-27,29,37H,13-14,23-24H2,1-4H3;1-15,18-27,30-31,37,42H,16-17,28-29H2;1-9,12-21,25-26,31,38H,10-11,22-24H2. The molecule has 6 saturated carbocycles. The molecule has 9 aliphatic carbocycles. The van der Waals surface area contributed by atoms with Crippen LogP contribution < -0.4 is 14.7 Å². The van der Waals surface area contributed by atoms with Gasteiger partial charge in [0.15, 0.2) is 0 Å². The lowest BCUT2D eigenvalue weighted by molar-refractivity contribution is 0.420. The molecule has 25 rings (SSSR count). The summed E-state index contributed by atoms with van der Waals surface area (Å²) in [4.78, 5) is 7.35. The van der Waals surface area contributed by atoms with Crippen molar-refractivity contribution in [3.63, 3.8) is 0 Å². The lowest BCUT2D eigenvalue weighted by atomic mass is 9.82. The van der Waals surface area contributed by atoms with E-state index in [2.05, 4.69) is 431 Å². The maximum atomic E-state index is 2.50. The summed E-state index contributed by atoms with van der Waals surface area (Å²) in [5, 5.41) is 0. The van der Waals surface area contributed by atoms with Crippen molar-refractivity contribution in [2.75, 3.05) is 14.7 Å². The number of rotatable bonds is 16. The van der Waals surface area contributed by atoms with Crippen LogP contribution in [-0.2, 0) is 17.3 Å². The number of benzene rings is 16. The van der Waals surface area contributed by atoms with Crippen molar-refractivity contribution in [2.45, 2.75) is 140 Å². The molecular formula is C124H111N3. The van der Waals surface area contributed by atoms with Crippen LogP contribution in [0.4, 0.5) is 51.2 Å². The third-order valence-corrected chi connectivity index (χ3v) is 31.5. The molecule has 9 unspecified atom stereocenters. The van der Waals surface area contributed by atoms with Gasteiger partial charge in [-0.25, -0.2) is 0 Å². The van der Waals surface area contributed by atoms with Gasteiger partial charge < -0.3 is 14.7 Å². The lowest BCUT2D eigenvalue weighted by Crippen LogP contribution is -2.18. The van der Waals surface area contributed by atoms with Gasteiger partial charge in [0.1, 0.15) is 0 Å². The summed E-state index contributed by atoms with van der Waals surface area (Å²) in [5.74, 6) is 7.79. The second-order valence-corrected chi connectivity index (χ2v) is 39.4. The Morgan fingerprint density at radius 3 is 0.866 bits per heavy atom. The fourth-order valence-electron chi connectivity index (χ4n) is 25.1. The first-order valence-electron chi connectivity index (χ1n) is 47.4. The maximum Gasteiger partial charge on any atom is 0.0468 e. The molecule has 622 valence electrons. The highest BCUT2D eigenvalue weighted by Gasteiger charge is 2.44. The zero-order chi connectivity index (χ0) is 84.9. The van der Waals surface area contributed by atoms with Crippen molar-refractivity contribution in [2.24, 2.45) is 35.5 Å². The molecule has 16 aromatic rings. The van der Waals surface area contributed by atoms with Gasteiger partial charge in [-0.05, 0) is 355 Å². The molecule has 0 heterocycles. The van der Waals surface area contributed by atoms with Gasteiger partial charge in [0, 0.05) is 62.0 Å². The van der Waals surface area contributed by atoms with Gasteiger partial charge in [-0.1, -0.05) is 326 Å². The van der Waals surface area contributed by atoms with E-state index in [-0.39, 0.29) is 10.8 Å². The molecule has 3 heteroatoms. The van der Waals surface area contributed by atoms with E-state index in [4.69, 9.17) is 0 Å².